The van der Waals surface area contributed by atoms with Crippen molar-refractivity contribution in [3.05, 3.63) is 49.3 Å². The van der Waals surface area contributed by atoms with E-state index in [1.54, 1.807) is 6.07 Å². The van der Waals surface area contributed by atoms with Gasteiger partial charge >= 0.3 is 11.7 Å². The number of nitrogens with one attached hydrogen (secondary N) is 1. The van der Waals surface area contributed by atoms with Crippen LogP contribution in [0.15, 0.2) is 24.4 Å². The molecule has 0 amide bonds. The van der Waals surface area contributed by atoms with Crippen molar-refractivity contribution in [3.8, 4) is 0 Å². The van der Waals surface area contributed by atoms with Crippen LogP contribution in [0.5, 0.6) is 0 Å². The Morgan fingerprint density at radius 3 is 2.90 bits per heavy atom. The molecule has 2 aromatic heterocycles. The maximum Gasteiger partial charge on any atom is 0.339 e. The first-order valence-corrected chi connectivity index (χ1v) is 6.91. The number of thiophene rings is 1. The first-order chi connectivity index (χ1) is 10.0. The summed E-state index contributed by atoms with van der Waals surface area (Å²) in [5, 5.41) is 13.9. The normalized spacial score (nSPS) is 10.2. The van der Waals surface area contributed by atoms with Crippen molar-refractivity contribution in [1.82, 2.24) is 4.98 Å². The Morgan fingerprint density at radius 2 is 2.33 bits per heavy atom. The minimum atomic E-state index is -0.679. The van der Waals surface area contributed by atoms with E-state index >= 15 is 0 Å². The van der Waals surface area contributed by atoms with E-state index in [4.69, 9.17) is 11.6 Å². The highest BCUT2D eigenvalue weighted by atomic mass is 35.5. The predicted octanol–water partition coefficient (Wildman–Crippen LogP) is 3.10. The molecular formula is C12H10ClN3O4S. The van der Waals surface area contributed by atoms with Gasteiger partial charge in [0.05, 0.1) is 28.5 Å². The van der Waals surface area contributed by atoms with Gasteiger partial charge in [0.1, 0.15) is 0 Å². The lowest BCUT2D eigenvalue weighted by Crippen LogP contribution is -2.07. The molecule has 0 aliphatic rings. The van der Waals surface area contributed by atoms with Crippen LogP contribution in [0.4, 0.5) is 11.5 Å². The molecule has 0 saturated carbocycles. The van der Waals surface area contributed by atoms with Crippen LogP contribution in [-0.4, -0.2) is 23.0 Å². The second kappa shape index (κ2) is 6.51. The van der Waals surface area contributed by atoms with Crippen LogP contribution >= 0.6 is 22.9 Å². The number of nitro groups is 1. The first-order valence-electron chi connectivity index (χ1n) is 5.72. The van der Waals surface area contributed by atoms with Crippen LogP contribution in [0, 0.1) is 10.1 Å². The summed E-state index contributed by atoms with van der Waals surface area (Å²) in [4.78, 5) is 26.6. The predicted molar refractivity (Wildman–Crippen MR) is 78.9 cm³/mol. The van der Waals surface area contributed by atoms with Gasteiger partial charge in [-0.2, -0.15) is 0 Å². The molecule has 0 saturated heterocycles. The van der Waals surface area contributed by atoms with Gasteiger partial charge in [0.15, 0.2) is 0 Å². The van der Waals surface area contributed by atoms with Crippen molar-refractivity contribution in [3.63, 3.8) is 0 Å². The van der Waals surface area contributed by atoms with E-state index in [1.807, 2.05) is 6.07 Å². The lowest BCUT2D eigenvalue weighted by molar-refractivity contribution is -0.384. The number of rotatable bonds is 5. The summed E-state index contributed by atoms with van der Waals surface area (Å²) in [5.41, 5.74) is -0.269. The van der Waals surface area contributed by atoms with Crippen molar-refractivity contribution >= 4 is 40.4 Å². The highest BCUT2D eigenvalue weighted by Crippen LogP contribution is 2.26. The quantitative estimate of drug-likeness (QED) is 0.515. The molecule has 0 fully saturated rings. The largest absolute Gasteiger partial charge is 0.465 e. The number of hydrogen-bond acceptors (Lipinski definition) is 7. The number of ether oxygens (including phenoxy) is 1. The third-order valence-electron chi connectivity index (χ3n) is 2.54. The lowest BCUT2D eigenvalue weighted by Gasteiger charge is -2.06. The molecule has 0 radical (unpaired) electrons. The Morgan fingerprint density at radius 1 is 1.57 bits per heavy atom. The van der Waals surface area contributed by atoms with Crippen LogP contribution in [0.25, 0.3) is 0 Å². The third kappa shape index (κ3) is 3.67. The molecule has 0 aliphatic carbocycles. The van der Waals surface area contributed by atoms with Crippen molar-refractivity contribution < 1.29 is 14.5 Å². The van der Waals surface area contributed by atoms with E-state index in [0.29, 0.717) is 10.9 Å². The van der Waals surface area contributed by atoms with Gasteiger partial charge in [0, 0.05) is 17.1 Å². The summed E-state index contributed by atoms with van der Waals surface area (Å²) in [5.74, 6) is -0.598. The van der Waals surface area contributed by atoms with Gasteiger partial charge in [0.25, 0.3) is 0 Å². The first kappa shape index (κ1) is 15.2. The van der Waals surface area contributed by atoms with Crippen LogP contribution in [0.1, 0.15) is 15.2 Å². The zero-order chi connectivity index (χ0) is 15.4. The van der Waals surface area contributed by atoms with E-state index in [1.165, 1.54) is 24.6 Å². The van der Waals surface area contributed by atoms with Crippen LogP contribution in [0.2, 0.25) is 4.34 Å². The second-order valence-electron chi connectivity index (χ2n) is 3.90. The number of aromatic nitrogens is 1. The van der Waals surface area contributed by atoms with Gasteiger partial charge in [-0.05, 0) is 12.1 Å². The van der Waals surface area contributed by atoms with Gasteiger partial charge in [-0.15, -0.1) is 11.3 Å². The van der Waals surface area contributed by atoms with Crippen LogP contribution in [0.3, 0.4) is 0 Å². The fraction of sp³-hybridized carbons (Fsp3) is 0.167. The second-order valence-corrected chi connectivity index (χ2v) is 5.70. The molecule has 2 rings (SSSR count). The number of carbonyl (C=O) groups excluding carboxylic acids is 1. The fourth-order valence-corrected chi connectivity index (χ4v) is 2.60. The fourth-order valence-electron chi connectivity index (χ4n) is 1.58. The molecule has 0 unspecified atom stereocenters. The van der Waals surface area contributed by atoms with E-state index in [2.05, 4.69) is 15.0 Å². The zero-order valence-electron chi connectivity index (χ0n) is 10.8. The molecule has 110 valence electrons. The number of anilines is 1. The SMILES string of the molecule is COC(=O)c1cnc(NCc2ccc(Cl)s2)c([N+](=O)[O-])c1. The number of nitrogens with zero attached hydrogens (tertiary/aromatic N) is 2. The number of carbonyl (C=O) groups is 1. The molecule has 7 nitrogen and oxygen atoms in total. The molecule has 21 heavy (non-hydrogen) atoms. The van der Waals surface area contributed by atoms with Gasteiger partial charge in [0.2, 0.25) is 5.82 Å². The minimum Gasteiger partial charge on any atom is -0.465 e. The summed E-state index contributed by atoms with van der Waals surface area (Å²) in [6, 6.07) is 4.68. The zero-order valence-corrected chi connectivity index (χ0v) is 12.4. The van der Waals surface area contributed by atoms with Gasteiger partial charge < -0.3 is 10.1 Å². The maximum absolute atomic E-state index is 11.4. The number of esters is 1. The summed E-state index contributed by atoms with van der Waals surface area (Å²) >= 11 is 7.18. The molecule has 2 aromatic rings. The molecule has 1 N–H and O–H groups in total. The van der Waals surface area contributed by atoms with Gasteiger partial charge in [-0.3, -0.25) is 10.1 Å². The Bertz CT molecular complexity index is 689. The number of halogens is 1. The van der Waals surface area contributed by atoms with Crippen LogP contribution in [-0.2, 0) is 11.3 Å². The van der Waals surface area contributed by atoms with Crippen molar-refractivity contribution in [2.24, 2.45) is 0 Å². The van der Waals surface area contributed by atoms with E-state index in [-0.39, 0.29) is 17.1 Å². The number of hydrogen-bond donors (Lipinski definition) is 1. The average molecular weight is 328 g/mol. The molecule has 9 heteroatoms. The van der Waals surface area contributed by atoms with Crippen molar-refractivity contribution in [2.75, 3.05) is 12.4 Å². The highest BCUT2D eigenvalue weighted by Gasteiger charge is 2.19. The molecule has 0 bridgehead atoms. The molecular weight excluding hydrogens is 318 g/mol. The highest BCUT2D eigenvalue weighted by molar-refractivity contribution is 7.16. The maximum atomic E-state index is 11.4. The summed E-state index contributed by atoms with van der Waals surface area (Å²) < 4.78 is 5.14. The summed E-state index contributed by atoms with van der Waals surface area (Å²) in [7, 11) is 1.20. The molecule has 2 heterocycles. The molecule has 0 atom stereocenters. The minimum absolute atomic E-state index is 0.0221. The molecule has 0 spiro atoms. The Balaban J connectivity index is 2.22. The monoisotopic (exact) mass is 327 g/mol. The third-order valence-corrected chi connectivity index (χ3v) is 3.78. The van der Waals surface area contributed by atoms with E-state index in [9.17, 15) is 14.9 Å². The van der Waals surface area contributed by atoms with Gasteiger partial charge in [-0.1, -0.05) is 11.6 Å². The number of pyridine rings is 1. The Hall–Kier alpha value is -2.19. The Kier molecular flexibility index (Phi) is 4.71. The lowest BCUT2D eigenvalue weighted by atomic mass is 10.2. The average Bonchev–Trinajstić information content (AvgIpc) is 2.89. The summed E-state index contributed by atoms with van der Waals surface area (Å²) in [6.45, 7) is 0.350. The Labute approximate surface area is 128 Å². The van der Waals surface area contributed by atoms with E-state index < -0.39 is 10.9 Å². The molecule has 0 aliphatic heterocycles. The van der Waals surface area contributed by atoms with Crippen molar-refractivity contribution in [1.29, 1.82) is 0 Å². The van der Waals surface area contributed by atoms with Crippen molar-refractivity contribution in [2.45, 2.75) is 6.54 Å². The van der Waals surface area contributed by atoms with Gasteiger partial charge in [-0.25, -0.2) is 9.78 Å². The van der Waals surface area contributed by atoms with Crippen LogP contribution < -0.4 is 5.32 Å². The van der Waals surface area contributed by atoms with E-state index in [0.717, 1.165) is 10.9 Å². The summed E-state index contributed by atoms with van der Waals surface area (Å²) in [6.07, 6.45) is 1.22. The smallest absolute Gasteiger partial charge is 0.339 e. The number of methoxy groups -OCH3 is 1. The molecule has 0 aromatic carbocycles. The topological polar surface area (TPSA) is 94.4 Å². The standard InChI is InChI=1S/C12H10ClN3O4S/c1-20-12(17)7-4-9(16(18)19)11(14-5-7)15-6-8-2-3-10(13)21-8/h2-5H,6H2,1H3,(H,14,15).